The second-order valence-electron chi connectivity index (χ2n) is 1.07. The van der Waals surface area contributed by atoms with Gasteiger partial charge in [0.2, 0.25) is 0 Å². The maximum atomic E-state index is 9.88. The minimum Gasteiger partial charge on any atom is 1.00 e. The molecule has 0 aliphatic carbocycles. The summed E-state index contributed by atoms with van der Waals surface area (Å²) in [4.78, 5) is 0. The Kier molecular flexibility index (Phi) is 6.87. The molecule has 0 saturated heterocycles. The first-order chi connectivity index (χ1) is 2.45. The summed E-state index contributed by atoms with van der Waals surface area (Å²) in [6, 6.07) is 0. The van der Waals surface area contributed by atoms with Crippen molar-refractivity contribution in [2.24, 2.45) is 0 Å². The van der Waals surface area contributed by atoms with Crippen molar-refractivity contribution < 1.29 is 127 Å². The minimum absolute atomic E-state index is 0. The molecule has 0 aromatic rings. The predicted molar refractivity (Wildman–Crippen MR) is 12.4 cm³/mol. The molecule has 0 radical (unpaired) electrons. The second kappa shape index (κ2) is 3.44. The zero-order chi connectivity index (χ0) is 6.41. The SMILES string of the molecule is F[Si-2](F)(F)(F)(F)F.[K+].[K+]. The molecule has 0 heterocycles. The first-order valence-electron chi connectivity index (χ1n) is 1.13. The number of halogens is 6. The Morgan fingerprint density at radius 3 is 0.556 bits per heavy atom. The third-order valence-corrected chi connectivity index (χ3v) is 0. The minimum atomic E-state index is -10.8. The molecule has 9 heteroatoms. The van der Waals surface area contributed by atoms with Crippen molar-refractivity contribution in [1.29, 1.82) is 0 Å². The third-order valence-electron chi connectivity index (χ3n) is 0. The molecule has 0 aliphatic heterocycles. The molecule has 0 nitrogen and oxygen atoms in total. The van der Waals surface area contributed by atoms with Gasteiger partial charge in [-0.25, -0.2) is 0 Å². The van der Waals surface area contributed by atoms with E-state index >= 15 is 0 Å². The van der Waals surface area contributed by atoms with Crippen LogP contribution in [0.3, 0.4) is 0 Å². The molecule has 0 aromatic heterocycles. The zero-order valence-electron chi connectivity index (χ0n) is 4.77. The summed E-state index contributed by atoms with van der Waals surface area (Å²) in [5.41, 5.74) is 0. The Balaban J connectivity index is -0.000000180. The van der Waals surface area contributed by atoms with Crippen molar-refractivity contribution in [3.63, 3.8) is 0 Å². The Hall–Kier alpha value is 3.07. The number of hydrogen-bond donors (Lipinski definition) is 0. The van der Waals surface area contributed by atoms with Gasteiger partial charge in [-0.05, 0) is 0 Å². The van der Waals surface area contributed by atoms with E-state index in [0.717, 1.165) is 0 Å². The molecule has 0 atom stereocenters. The molecule has 0 aromatic carbocycles. The van der Waals surface area contributed by atoms with Crippen molar-refractivity contribution >= 4 is 8.63 Å². The van der Waals surface area contributed by atoms with Gasteiger partial charge < -0.3 is 0 Å². The van der Waals surface area contributed by atoms with E-state index in [1.54, 1.807) is 0 Å². The maximum Gasteiger partial charge on any atom is 1.00 e. The van der Waals surface area contributed by atoms with Crippen molar-refractivity contribution in [2.45, 2.75) is 0 Å². The van der Waals surface area contributed by atoms with Crippen molar-refractivity contribution in [1.82, 2.24) is 0 Å². The Labute approximate surface area is 132 Å². The van der Waals surface area contributed by atoms with E-state index < -0.39 is 8.63 Å². The van der Waals surface area contributed by atoms with Gasteiger partial charge in [0.25, 0.3) is 0 Å². The first kappa shape index (κ1) is 18.0. The van der Waals surface area contributed by atoms with Crippen LogP contribution in [0.5, 0.6) is 0 Å². The van der Waals surface area contributed by atoms with Crippen LogP contribution < -0.4 is 103 Å². The predicted octanol–water partition coefficient (Wildman–Crippen LogP) is -3.85. The first-order valence-corrected chi connectivity index (χ1v) is 3.40. The van der Waals surface area contributed by atoms with E-state index in [4.69, 9.17) is 0 Å². The third kappa shape index (κ3) is 96.6. The summed E-state index contributed by atoms with van der Waals surface area (Å²) in [6.45, 7) is 0. The summed E-state index contributed by atoms with van der Waals surface area (Å²) in [5.74, 6) is 0. The molecule has 48 valence electrons. The van der Waals surface area contributed by atoms with Crippen molar-refractivity contribution in [2.75, 3.05) is 0 Å². The van der Waals surface area contributed by atoms with Gasteiger partial charge >= 0.3 is 136 Å². The molecule has 0 spiro atoms. The molecule has 0 bridgehead atoms. The van der Waals surface area contributed by atoms with Gasteiger partial charge in [-0.3, -0.25) is 0 Å². The van der Waals surface area contributed by atoms with Crippen molar-refractivity contribution in [3.8, 4) is 0 Å². The molecule has 0 N–H and O–H groups in total. The van der Waals surface area contributed by atoms with E-state index in [-0.39, 0.29) is 103 Å². The van der Waals surface area contributed by atoms with E-state index in [9.17, 15) is 24.6 Å². The van der Waals surface area contributed by atoms with E-state index in [1.807, 2.05) is 0 Å². The van der Waals surface area contributed by atoms with Crippen LogP contribution in [0.4, 0.5) is 24.6 Å². The molecule has 0 aliphatic rings. The van der Waals surface area contributed by atoms with Crippen LogP contribution in [0.2, 0.25) is 0 Å². The van der Waals surface area contributed by atoms with Gasteiger partial charge in [-0.1, -0.05) is 0 Å². The van der Waals surface area contributed by atoms with Crippen LogP contribution in [0.15, 0.2) is 0 Å². The van der Waals surface area contributed by atoms with Crippen LogP contribution in [0.25, 0.3) is 0 Å². The van der Waals surface area contributed by atoms with Gasteiger partial charge in [0, 0.05) is 0 Å². The molecule has 9 heavy (non-hydrogen) atoms. The molecule has 0 rings (SSSR count). The molecular formula is F6K2Si. The Morgan fingerprint density at radius 2 is 0.556 bits per heavy atom. The summed E-state index contributed by atoms with van der Waals surface area (Å²) in [5, 5.41) is 0. The molecular weight excluding hydrogens is 220 g/mol. The van der Waals surface area contributed by atoms with Gasteiger partial charge in [-0.15, -0.1) is 0 Å². The largest absolute Gasteiger partial charge is 1.00 e. The average Bonchev–Trinajstić information content (AvgIpc) is 0.592. The van der Waals surface area contributed by atoms with Crippen LogP contribution in [-0.2, 0) is 0 Å². The fourth-order valence-corrected chi connectivity index (χ4v) is 0. The topological polar surface area (TPSA) is 0 Å². The Bertz CT molecular complexity index is 69.6. The summed E-state index contributed by atoms with van der Waals surface area (Å²) >= 11 is 0. The van der Waals surface area contributed by atoms with Gasteiger partial charge in [-0.2, -0.15) is 0 Å². The zero-order valence-corrected chi connectivity index (χ0v) is 12.0. The summed E-state index contributed by atoms with van der Waals surface area (Å²) in [7, 11) is -10.8. The molecule has 0 saturated carbocycles. The van der Waals surface area contributed by atoms with E-state index in [0.29, 0.717) is 0 Å². The van der Waals surface area contributed by atoms with E-state index in [1.165, 1.54) is 0 Å². The normalized spacial score (nSPS) is 18.0. The summed E-state index contributed by atoms with van der Waals surface area (Å²) < 4.78 is 59.3. The average molecular weight is 220 g/mol. The smallest absolute Gasteiger partial charge is 1.00 e. The Morgan fingerprint density at radius 1 is 0.556 bits per heavy atom. The second-order valence-corrected chi connectivity index (χ2v) is 3.21. The van der Waals surface area contributed by atoms with Crippen molar-refractivity contribution in [3.05, 3.63) is 0 Å². The van der Waals surface area contributed by atoms with Crippen LogP contribution in [-0.4, -0.2) is 8.63 Å². The fourth-order valence-electron chi connectivity index (χ4n) is 0. The van der Waals surface area contributed by atoms with Crippen LogP contribution in [0.1, 0.15) is 0 Å². The van der Waals surface area contributed by atoms with Crippen LogP contribution in [0, 0.1) is 0 Å². The molecule has 0 unspecified atom stereocenters. The fraction of sp³-hybridized carbons (Fsp3) is 0. The summed E-state index contributed by atoms with van der Waals surface area (Å²) in [6.07, 6.45) is 0. The molecule has 0 fully saturated rings. The number of rotatable bonds is 0. The van der Waals surface area contributed by atoms with Crippen LogP contribution >= 0.6 is 0 Å². The standard InChI is InChI=1S/F6Si.2K/c1-7(2,3,4,5)6;;/q-2;2*+1. The quantitative estimate of drug-likeness (QED) is 0.223. The van der Waals surface area contributed by atoms with Gasteiger partial charge in [0.1, 0.15) is 0 Å². The number of hydrogen-bond acceptors (Lipinski definition) is 0. The van der Waals surface area contributed by atoms with E-state index in [2.05, 4.69) is 0 Å². The maximum absolute atomic E-state index is 10.8. The van der Waals surface area contributed by atoms with Gasteiger partial charge in [0.15, 0.2) is 0 Å². The monoisotopic (exact) mass is 220 g/mol. The molecule has 0 amide bonds. The van der Waals surface area contributed by atoms with Gasteiger partial charge in [0.05, 0.1) is 0 Å².